The number of aromatic nitrogens is 2. The molecule has 0 aliphatic heterocycles. The fourth-order valence-electron chi connectivity index (χ4n) is 1.01. The number of alkyl halides is 1. The first-order valence-electron chi connectivity index (χ1n) is 3.67. The molecule has 1 aromatic heterocycles. The lowest BCUT2D eigenvalue weighted by Gasteiger charge is -2.03. The van der Waals surface area contributed by atoms with Crippen LogP contribution in [-0.2, 0) is 5.79 Å². The van der Waals surface area contributed by atoms with E-state index in [9.17, 15) is 4.39 Å². The lowest BCUT2D eigenvalue weighted by atomic mass is 10.6. The molecule has 0 amide bonds. The van der Waals surface area contributed by atoms with E-state index in [1.165, 1.54) is 4.68 Å². The van der Waals surface area contributed by atoms with Gasteiger partial charge in [-0.25, -0.2) is 9.07 Å². The molecule has 60 valence electrons. The van der Waals surface area contributed by atoms with Gasteiger partial charge in [-0.3, -0.25) is 0 Å². The van der Waals surface area contributed by atoms with Gasteiger partial charge in [0.25, 0.3) is 0 Å². The first kappa shape index (κ1) is 6.64. The van der Waals surface area contributed by atoms with Gasteiger partial charge in [0.05, 0.1) is 0 Å². The molecule has 3 nitrogen and oxygen atoms in total. The van der Waals surface area contributed by atoms with Gasteiger partial charge in [-0.15, -0.1) is 0 Å². The molecule has 0 saturated heterocycles. The van der Waals surface area contributed by atoms with Crippen LogP contribution in [0.1, 0.15) is 12.8 Å². The third-order valence-corrected chi connectivity index (χ3v) is 1.92. The Balaban J connectivity index is 2.25. The Kier molecular flexibility index (Phi) is 1.19. The highest BCUT2D eigenvalue weighted by molar-refractivity contribution is 5.31. The zero-order valence-electron chi connectivity index (χ0n) is 6.34. The first-order chi connectivity index (χ1) is 5.24. The normalized spacial score (nSPS) is 19.8. The maximum atomic E-state index is 13.3. The van der Waals surface area contributed by atoms with Crippen LogP contribution >= 0.6 is 0 Å². The highest BCUT2D eigenvalue weighted by Crippen LogP contribution is 2.44. The van der Waals surface area contributed by atoms with Crippen molar-refractivity contribution in [2.75, 3.05) is 12.4 Å². The smallest absolute Gasteiger partial charge is 0.202 e. The molecule has 0 spiro atoms. The summed E-state index contributed by atoms with van der Waals surface area (Å²) in [4.78, 5) is 0. The Morgan fingerprint density at radius 1 is 1.73 bits per heavy atom. The molecule has 1 aromatic rings. The molecular weight excluding hydrogens is 145 g/mol. The van der Waals surface area contributed by atoms with Crippen molar-refractivity contribution < 1.29 is 4.39 Å². The van der Waals surface area contributed by atoms with Crippen molar-refractivity contribution in [2.45, 2.75) is 18.6 Å². The van der Waals surface area contributed by atoms with E-state index in [0.717, 1.165) is 0 Å². The van der Waals surface area contributed by atoms with Crippen LogP contribution < -0.4 is 5.32 Å². The molecule has 11 heavy (non-hydrogen) atoms. The standard InChI is InChI=1S/C7H10FN3/c1-9-6-2-5-11(10-6)7(8)3-4-7/h2,5H,3-4H2,1H3,(H,9,10). The zero-order valence-corrected chi connectivity index (χ0v) is 6.34. The molecule has 0 unspecified atom stereocenters. The van der Waals surface area contributed by atoms with Crippen LogP contribution in [0.25, 0.3) is 0 Å². The van der Waals surface area contributed by atoms with E-state index in [1.54, 1.807) is 19.3 Å². The monoisotopic (exact) mass is 155 g/mol. The Bertz CT molecular complexity index is 264. The Labute approximate surface area is 64.2 Å². The summed E-state index contributed by atoms with van der Waals surface area (Å²) in [6.45, 7) is 0. The number of rotatable bonds is 2. The van der Waals surface area contributed by atoms with E-state index >= 15 is 0 Å². The van der Waals surface area contributed by atoms with Gasteiger partial charge in [0.1, 0.15) is 5.82 Å². The van der Waals surface area contributed by atoms with Crippen LogP contribution in [0.2, 0.25) is 0 Å². The van der Waals surface area contributed by atoms with E-state index in [4.69, 9.17) is 0 Å². The maximum absolute atomic E-state index is 13.3. The fourth-order valence-corrected chi connectivity index (χ4v) is 1.01. The second-order valence-corrected chi connectivity index (χ2v) is 2.81. The molecule has 1 N–H and O–H groups in total. The molecular formula is C7H10FN3. The first-order valence-corrected chi connectivity index (χ1v) is 3.67. The van der Waals surface area contributed by atoms with Crippen LogP contribution in [0, 0.1) is 0 Å². The third-order valence-electron chi connectivity index (χ3n) is 1.92. The predicted octanol–water partition coefficient (Wildman–Crippen LogP) is 1.34. The predicted molar refractivity (Wildman–Crippen MR) is 40.1 cm³/mol. The highest BCUT2D eigenvalue weighted by Gasteiger charge is 2.46. The largest absolute Gasteiger partial charge is 0.372 e. The van der Waals surface area contributed by atoms with Gasteiger partial charge in [0.2, 0.25) is 5.79 Å². The van der Waals surface area contributed by atoms with Gasteiger partial charge < -0.3 is 5.32 Å². The lowest BCUT2D eigenvalue weighted by Crippen LogP contribution is -2.11. The molecule has 2 rings (SSSR count). The van der Waals surface area contributed by atoms with Crippen molar-refractivity contribution in [1.82, 2.24) is 9.78 Å². The van der Waals surface area contributed by atoms with Crippen molar-refractivity contribution in [3.05, 3.63) is 12.3 Å². The minimum absolute atomic E-state index is 0.595. The van der Waals surface area contributed by atoms with Crippen molar-refractivity contribution in [3.8, 4) is 0 Å². The summed E-state index contributed by atoms with van der Waals surface area (Å²) in [6, 6.07) is 1.76. The van der Waals surface area contributed by atoms with E-state index in [0.29, 0.717) is 18.7 Å². The lowest BCUT2D eigenvalue weighted by molar-refractivity contribution is 0.189. The molecule has 0 aromatic carbocycles. The van der Waals surface area contributed by atoms with Gasteiger partial charge >= 0.3 is 0 Å². The van der Waals surface area contributed by atoms with Crippen molar-refractivity contribution >= 4 is 5.82 Å². The van der Waals surface area contributed by atoms with Gasteiger partial charge in [-0.2, -0.15) is 5.10 Å². The second kappa shape index (κ2) is 1.96. The van der Waals surface area contributed by atoms with Crippen LogP contribution in [0.5, 0.6) is 0 Å². The van der Waals surface area contributed by atoms with Crippen molar-refractivity contribution in [1.29, 1.82) is 0 Å². The summed E-state index contributed by atoms with van der Waals surface area (Å²) in [5, 5.41) is 6.84. The van der Waals surface area contributed by atoms with Crippen LogP contribution in [0.3, 0.4) is 0 Å². The molecule has 1 fully saturated rings. The number of anilines is 1. The molecule has 0 bridgehead atoms. The average molecular weight is 155 g/mol. The zero-order chi connectivity index (χ0) is 7.90. The quantitative estimate of drug-likeness (QED) is 0.698. The van der Waals surface area contributed by atoms with Gasteiger partial charge in [0, 0.05) is 32.2 Å². The summed E-state index contributed by atoms with van der Waals surface area (Å²) < 4.78 is 14.6. The fraction of sp³-hybridized carbons (Fsp3) is 0.571. The van der Waals surface area contributed by atoms with Gasteiger partial charge in [0.15, 0.2) is 0 Å². The Hall–Kier alpha value is -1.06. The SMILES string of the molecule is CNc1ccn(C2(F)CC2)n1. The van der Waals surface area contributed by atoms with Crippen molar-refractivity contribution in [3.63, 3.8) is 0 Å². The molecule has 1 saturated carbocycles. The van der Waals surface area contributed by atoms with Gasteiger partial charge in [-0.05, 0) is 0 Å². The summed E-state index contributed by atoms with van der Waals surface area (Å²) in [5.41, 5.74) is 0. The maximum Gasteiger partial charge on any atom is 0.202 e. The summed E-state index contributed by atoms with van der Waals surface area (Å²) in [5.74, 6) is -0.455. The molecule has 0 atom stereocenters. The summed E-state index contributed by atoms with van der Waals surface area (Å²) in [7, 11) is 1.77. The third kappa shape index (κ3) is 0.982. The number of halogens is 1. The molecule has 0 radical (unpaired) electrons. The number of hydrogen-bond acceptors (Lipinski definition) is 2. The molecule has 4 heteroatoms. The molecule has 1 aliphatic carbocycles. The minimum atomic E-state index is -1.17. The van der Waals surface area contributed by atoms with E-state index in [1.807, 2.05) is 0 Å². The van der Waals surface area contributed by atoms with Crippen LogP contribution in [0.4, 0.5) is 10.2 Å². The van der Waals surface area contributed by atoms with E-state index < -0.39 is 5.79 Å². The number of nitrogens with zero attached hydrogens (tertiary/aromatic N) is 2. The number of nitrogens with one attached hydrogen (secondary N) is 1. The Morgan fingerprint density at radius 2 is 2.45 bits per heavy atom. The van der Waals surface area contributed by atoms with Crippen LogP contribution in [0.15, 0.2) is 12.3 Å². The second-order valence-electron chi connectivity index (χ2n) is 2.81. The average Bonchev–Trinajstić information content (AvgIpc) is 2.61. The summed E-state index contributed by atoms with van der Waals surface area (Å²) >= 11 is 0. The van der Waals surface area contributed by atoms with Gasteiger partial charge in [-0.1, -0.05) is 0 Å². The number of hydrogen-bond donors (Lipinski definition) is 1. The molecule has 1 aliphatic rings. The van der Waals surface area contributed by atoms with Crippen molar-refractivity contribution in [2.24, 2.45) is 0 Å². The molecule has 1 heterocycles. The van der Waals surface area contributed by atoms with E-state index in [2.05, 4.69) is 10.4 Å². The topological polar surface area (TPSA) is 29.9 Å². The minimum Gasteiger partial charge on any atom is -0.372 e. The summed E-state index contributed by atoms with van der Waals surface area (Å²) in [6.07, 6.45) is 2.86. The highest BCUT2D eigenvalue weighted by atomic mass is 19.1. The Morgan fingerprint density at radius 3 is 2.91 bits per heavy atom. The van der Waals surface area contributed by atoms with E-state index in [-0.39, 0.29) is 0 Å². The van der Waals surface area contributed by atoms with Crippen LogP contribution in [-0.4, -0.2) is 16.8 Å².